The van der Waals surface area contributed by atoms with Crippen LogP contribution in [0.4, 0.5) is 0 Å². The maximum atomic E-state index is 9.80. The van der Waals surface area contributed by atoms with E-state index in [1.165, 1.54) is 45.3 Å². The summed E-state index contributed by atoms with van der Waals surface area (Å²) in [5.74, 6) is 0.846. The van der Waals surface area contributed by atoms with Crippen molar-refractivity contribution in [2.24, 2.45) is 5.92 Å². The molecule has 2 fully saturated rings. The minimum absolute atomic E-state index is 0.0322. The number of likely N-dealkylation sites (tertiary alicyclic amines) is 1. The Morgan fingerprint density at radius 3 is 2.62 bits per heavy atom. The van der Waals surface area contributed by atoms with E-state index in [1.807, 2.05) is 0 Å². The van der Waals surface area contributed by atoms with Crippen molar-refractivity contribution < 1.29 is 5.11 Å². The van der Waals surface area contributed by atoms with E-state index in [4.69, 9.17) is 0 Å². The third-order valence-electron chi connectivity index (χ3n) is 5.32. The lowest BCUT2D eigenvalue weighted by atomic mass is 9.91. The van der Waals surface area contributed by atoms with Crippen LogP contribution in [0.1, 0.15) is 45.4 Å². The first-order valence-electron chi connectivity index (χ1n) is 8.82. The zero-order valence-electron chi connectivity index (χ0n) is 14.3. The number of hydrogen-bond donors (Lipinski definition) is 2. The van der Waals surface area contributed by atoms with Crippen LogP contribution in [0, 0.1) is 5.92 Å². The molecule has 2 unspecified atom stereocenters. The van der Waals surface area contributed by atoms with Crippen LogP contribution >= 0.6 is 0 Å². The van der Waals surface area contributed by atoms with Crippen LogP contribution in [0.2, 0.25) is 0 Å². The van der Waals surface area contributed by atoms with Gasteiger partial charge in [-0.1, -0.05) is 6.92 Å². The molecule has 1 aliphatic carbocycles. The van der Waals surface area contributed by atoms with E-state index in [9.17, 15) is 5.11 Å². The second-order valence-corrected chi connectivity index (χ2v) is 7.49. The fourth-order valence-electron chi connectivity index (χ4n) is 3.64. The normalized spacial score (nSPS) is 26.4. The highest BCUT2D eigenvalue weighted by atomic mass is 16.3. The van der Waals surface area contributed by atoms with E-state index in [-0.39, 0.29) is 12.1 Å². The molecular formula is C17H35N3O. The Kier molecular flexibility index (Phi) is 6.48. The molecule has 0 aromatic heterocycles. The number of aliphatic hydroxyl groups excluding tert-OH is 1. The van der Waals surface area contributed by atoms with Crippen molar-refractivity contribution in [1.82, 2.24) is 15.1 Å². The topological polar surface area (TPSA) is 38.7 Å². The Balaban J connectivity index is 1.66. The molecule has 0 spiro atoms. The Morgan fingerprint density at radius 1 is 1.33 bits per heavy atom. The Bertz CT molecular complexity index is 302. The summed E-state index contributed by atoms with van der Waals surface area (Å²) >= 11 is 0. The fraction of sp³-hybridized carbons (Fsp3) is 1.00. The van der Waals surface area contributed by atoms with E-state index in [2.05, 4.69) is 36.1 Å². The first-order valence-corrected chi connectivity index (χ1v) is 8.82. The van der Waals surface area contributed by atoms with Gasteiger partial charge in [0.05, 0.1) is 6.61 Å². The summed E-state index contributed by atoms with van der Waals surface area (Å²) in [6.45, 7) is 7.35. The number of hydrogen-bond acceptors (Lipinski definition) is 4. The minimum Gasteiger partial charge on any atom is -0.394 e. The molecule has 4 heteroatoms. The summed E-state index contributed by atoms with van der Waals surface area (Å²) in [6.07, 6.45) is 7.21. The Morgan fingerprint density at radius 2 is 2.10 bits per heavy atom. The van der Waals surface area contributed by atoms with E-state index >= 15 is 0 Å². The smallest absolute Gasteiger partial charge is 0.0613 e. The molecule has 2 aliphatic rings. The zero-order chi connectivity index (χ0) is 15.3. The molecule has 21 heavy (non-hydrogen) atoms. The second kappa shape index (κ2) is 7.91. The largest absolute Gasteiger partial charge is 0.394 e. The maximum Gasteiger partial charge on any atom is 0.0613 e. The van der Waals surface area contributed by atoms with Crippen molar-refractivity contribution in [1.29, 1.82) is 0 Å². The van der Waals surface area contributed by atoms with Gasteiger partial charge in [0.1, 0.15) is 0 Å². The van der Waals surface area contributed by atoms with Crippen LogP contribution in [0.5, 0.6) is 0 Å². The van der Waals surface area contributed by atoms with E-state index in [1.54, 1.807) is 0 Å². The van der Waals surface area contributed by atoms with E-state index < -0.39 is 0 Å². The Labute approximate surface area is 130 Å². The molecule has 0 radical (unpaired) electrons. The number of nitrogens with zero attached hydrogens (tertiary/aromatic N) is 2. The lowest BCUT2D eigenvalue weighted by molar-refractivity contribution is 0.137. The molecule has 2 rings (SSSR count). The van der Waals surface area contributed by atoms with E-state index in [0.717, 1.165) is 25.3 Å². The molecule has 0 aromatic rings. The monoisotopic (exact) mass is 297 g/mol. The molecule has 124 valence electrons. The van der Waals surface area contributed by atoms with Gasteiger partial charge in [-0.3, -0.25) is 0 Å². The van der Waals surface area contributed by atoms with Crippen LogP contribution in [-0.2, 0) is 0 Å². The summed E-state index contributed by atoms with van der Waals surface area (Å²) < 4.78 is 0. The highest BCUT2D eigenvalue weighted by Crippen LogP contribution is 2.27. The minimum atomic E-state index is -0.0322. The predicted octanol–water partition coefficient (Wildman–Crippen LogP) is 1.54. The van der Waals surface area contributed by atoms with Crippen molar-refractivity contribution >= 4 is 0 Å². The highest BCUT2D eigenvalue weighted by Gasteiger charge is 2.34. The number of aliphatic hydroxyl groups is 1. The SMILES string of the molecule is CCC(CO)(CCCN(C)CC1CCN(C)C1)NC1CC1. The van der Waals surface area contributed by atoms with Gasteiger partial charge in [-0.2, -0.15) is 0 Å². The second-order valence-electron chi connectivity index (χ2n) is 7.49. The van der Waals surface area contributed by atoms with Crippen molar-refractivity contribution in [2.45, 2.75) is 57.0 Å². The van der Waals surface area contributed by atoms with Gasteiger partial charge in [0, 0.05) is 24.7 Å². The standard InChI is InChI=1S/C17H35N3O/c1-4-17(14-21,18-16-6-7-16)9-5-10-19(2)12-15-8-11-20(3)13-15/h15-16,18,21H,4-14H2,1-3H3. The molecule has 1 saturated heterocycles. The van der Waals surface area contributed by atoms with Gasteiger partial charge in [0.15, 0.2) is 0 Å². The summed E-state index contributed by atoms with van der Waals surface area (Å²) in [5, 5.41) is 13.5. The van der Waals surface area contributed by atoms with Crippen LogP contribution < -0.4 is 5.32 Å². The molecule has 0 aromatic carbocycles. The van der Waals surface area contributed by atoms with Gasteiger partial charge >= 0.3 is 0 Å². The van der Waals surface area contributed by atoms with Crippen molar-refractivity contribution in [3.63, 3.8) is 0 Å². The van der Waals surface area contributed by atoms with Gasteiger partial charge < -0.3 is 20.2 Å². The fourth-order valence-corrected chi connectivity index (χ4v) is 3.64. The number of nitrogens with one attached hydrogen (secondary N) is 1. The quantitative estimate of drug-likeness (QED) is 0.642. The molecule has 2 atom stereocenters. The van der Waals surface area contributed by atoms with Gasteiger partial charge in [-0.15, -0.1) is 0 Å². The third kappa shape index (κ3) is 5.51. The molecule has 1 heterocycles. The molecule has 0 bridgehead atoms. The first kappa shape index (κ1) is 17.2. The van der Waals surface area contributed by atoms with Crippen LogP contribution in [0.3, 0.4) is 0 Å². The van der Waals surface area contributed by atoms with E-state index in [0.29, 0.717) is 6.04 Å². The van der Waals surface area contributed by atoms with Crippen LogP contribution in [0.25, 0.3) is 0 Å². The first-order chi connectivity index (χ1) is 10.1. The predicted molar refractivity (Wildman–Crippen MR) is 88.6 cm³/mol. The zero-order valence-corrected chi connectivity index (χ0v) is 14.3. The third-order valence-corrected chi connectivity index (χ3v) is 5.32. The molecule has 2 N–H and O–H groups in total. The summed E-state index contributed by atoms with van der Waals surface area (Å²) in [6, 6.07) is 0.670. The summed E-state index contributed by atoms with van der Waals surface area (Å²) in [5.41, 5.74) is -0.0322. The van der Waals surface area contributed by atoms with Crippen molar-refractivity contribution in [2.75, 3.05) is 46.9 Å². The van der Waals surface area contributed by atoms with Crippen LogP contribution in [0.15, 0.2) is 0 Å². The molecule has 1 aliphatic heterocycles. The van der Waals surface area contributed by atoms with Gasteiger partial charge in [-0.05, 0) is 71.6 Å². The molecule has 4 nitrogen and oxygen atoms in total. The lowest BCUT2D eigenvalue weighted by Gasteiger charge is -2.33. The average molecular weight is 297 g/mol. The molecular weight excluding hydrogens is 262 g/mol. The summed E-state index contributed by atoms with van der Waals surface area (Å²) in [4.78, 5) is 4.92. The number of rotatable bonds is 10. The van der Waals surface area contributed by atoms with Crippen molar-refractivity contribution in [3.8, 4) is 0 Å². The Hall–Kier alpha value is -0.160. The van der Waals surface area contributed by atoms with Crippen LogP contribution in [-0.4, -0.2) is 73.4 Å². The van der Waals surface area contributed by atoms with Gasteiger partial charge in [0.25, 0.3) is 0 Å². The maximum absolute atomic E-state index is 9.80. The van der Waals surface area contributed by atoms with Gasteiger partial charge in [-0.25, -0.2) is 0 Å². The molecule has 0 amide bonds. The molecule has 1 saturated carbocycles. The lowest BCUT2D eigenvalue weighted by Crippen LogP contribution is -2.49. The van der Waals surface area contributed by atoms with Crippen molar-refractivity contribution in [3.05, 3.63) is 0 Å². The van der Waals surface area contributed by atoms with Gasteiger partial charge in [0.2, 0.25) is 0 Å². The average Bonchev–Trinajstić information content (AvgIpc) is 3.19. The summed E-state index contributed by atoms with van der Waals surface area (Å²) in [7, 11) is 4.47. The highest BCUT2D eigenvalue weighted by molar-refractivity contribution is 4.94.